The molecule has 302 valence electrons. The summed E-state index contributed by atoms with van der Waals surface area (Å²) in [6, 6.07) is 15.7. The van der Waals surface area contributed by atoms with Crippen molar-refractivity contribution in [1.29, 1.82) is 0 Å². The Labute approximate surface area is 342 Å². The highest BCUT2D eigenvalue weighted by Gasteiger charge is 2.56. The van der Waals surface area contributed by atoms with Crippen LogP contribution in [0.4, 0.5) is 0 Å². The molecular weight excluding hydrogens is 725 g/mol. The van der Waals surface area contributed by atoms with E-state index in [0.717, 1.165) is 90.1 Å². The number of nitrogens with zero attached hydrogens (tertiary/aromatic N) is 4. The van der Waals surface area contributed by atoms with E-state index in [4.69, 9.17) is 9.98 Å². The number of aliphatic imine (C=N–C) groups is 1. The third kappa shape index (κ3) is 8.18. The number of aromatic nitrogens is 2. The molecule has 0 unspecified atom stereocenters. The van der Waals surface area contributed by atoms with Crippen molar-refractivity contribution in [3.63, 3.8) is 0 Å². The number of carbonyl (C=O) groups excluding carboxylic acids is 4. The maximum atomic E-state index is 13.9. The number of allylic oxidation sites excluding steroid dienone is 1. The van der Waals surface area contributed by atoms with Gasteiger partial charge in [-0.25, -0.2) is 4.98 Å². The van der Waals surface area contributed by atoms with Crippen molar-refractivity contribution in [2.24, 2.45) is 33.6 Å². The first-order valence-electron chi connectivity index (χ1n) is 21.1. The van der Waals surface area contributed by atoms with Crippen molar-refractivity contribution < 1.29 is 19.2 Å². The van der Waals surface area contributed by atoms with Gasteiger partial charge in [-0.05, 0) is 109 Å². The first-order chi connectivity index (χ1) is 27.7. The van der Waals surface area contributed by atoms with Crippen LogP contribution in [0, 0.1) is 40.4 Å². The van der Waals surface area contributed by atoms with Crippen LogP contribution < -0.4 is 5.32 Å². The van der Waals surface area contributed by atoms with Gasteiger partial charge in [-0.15, -0.1) is 0 Å². The summed E-state index contributed by atoms with van der Waals surface area (Å²) >= 11 is 0. The van der Waals surface area contributed by atoms with Gasteiger partial charge in [-0.3, -0.25) is 19.4 Å². The van der Waals surface area contributed by atoms with Crippen LogP contribution in [0.3, 0.4) is 0 Å². The Balaban J connectivity index is 0.892. The average molecular weight is 781 g/mol. The molecule has 3 aromatic rings. The lowest BCUT2D eigenvalue weighted by Crippen LogP contribution is -2.50. The molecule has 2 N–H and O–H groups in total. The highest BCUT2D eigenvalue weighted by Crippen LogP contribution is 2.58. The Morgan fingerprint density at radius 2 is 1.36 bits per heavy atom. The van der Waals surface area contributed by atoms with E-state index in [2.05, 4.69) is 39.2 Å². The molecule has 3 aliphatic heterocycles. The molecule has 58 heavy (non-hydrogen) atoms. The lowest BCUT2D eigenvalue weighted by atomic mass is 9.89. The lowest BCUT2D eigenvalue weighted by molar-refractivity contribution is -0.139. The summed E-state index contributed by atoms with van der Waals surface area (Å²) in [4.78, 5) is 68.7. The van der Waals surface area contributed by atoms with Gasteiger partial charge in [-0.1, -0.05) is 63.8 Å². The van der Waals surface area contributed by atoms with Crippen molar-refractivity contribution in [2.45, 2.75) is 111 Å². The standard InChI is InChI=1S/C48H56N6O4/c1-29(2)38(21-31(5)55)45(57)53-27-47(17-18-47)23-41(53)39-22-37(25-49-39)35-13-9-33(10-14-35)7-8-34-11-15-36(16-12-34)40-26-50-44(52-40)42-24-48(19-20-48)28-54(42)46(58)43(30(3)4)51-32(6)56/h9-16,25-26,29-30,38,41-43H,17-24,27-28H2,1-6H3,(H,50,52)(H,51,56)/t38-,41-,42-,43-/m0/s1. The van der Waals surface area contributed by atoms with E-state index in [-0.39, 0.29) is 64.2 Å². The zero-order valence-electron chi connectivity index (χ0n) is 34.7. The van der Waals surface area contributed by atoms with Gasteiger partial charge in [0.15, 0.2) is 0 Å². The highest BCUT2D eigenvalue weighted by molar-refractivity contribution is 6.03. The predicted octanol–water partition coefficient (Wildman–Crippen LogP) is 7.51. The number of nitrogens with one attached hydrogen (secondary N) is 2. The van der Waals surface area contributed by atoms with Gasteiger partial charge < -0.3 is 24.9 Å². The summed E-state index contributed by atoms with van der Waals surface area (Å²) in [6.45, 7) is 12.5. The SMILES string of the molecule is CC(=O)C[C@H](C(=O)N1CC2(CC2)C[C@H]1C1=NC=C(c2ccc(C#Cc3ccc(-c4cnc([C@@H]5CC6(CC6)CN5C(=O)[C@@H](NC(C)=O)C(C)C)[nH]4)cc3)cc2)C1)C(C)C. The van der Waals surface area contributed by atoms with Crippen LogP contribution in [0.2, 0.25) is 0 Å². The Morgan fingerprint density at radius 3 is 1.90 bits per heavy atom. The number of Topliss-reactive ketones (excluding diaryl/α,β-unsaturated/α-hetero) is 1. The molecule has 2 aliphatic carbocycles. The van der Waals surface area contributed by atoms with Gasteiger partial charge in [0, 0.05) is 61.8 Å². The molecule has 4 heterocycles. The summed E-state index contributed by atoms with van der Waals surface area (Å²) in [5.74, 6) is 7.12. The number of amides is 3. The highest BCUT2D eigenvalue weighted by atomic mass is 16.2. The Morgan fingerprint density at radius 1 is 0.793 bits per heavy atom. The molecule has 2 saturated carbocycles. The summed E-state index contributed by atoms with van der Waals surface area (Å²) in [6.07, 6.45) is 11.2. The summed E-state index contributed by atoms with van der Waals surface area (Å²) in [5, 5.41) is 2.88. The fraction of sp³-hybridized carbons (Fsp3) is 0.500. The second-order valence-corrected chi connectivity index (χ2v) is 18.6. The smallest absolute Gasteiger partial charge is 0.246 e. The number of hydrogen-bond donors (Lipinski definition) is 2. The van der Waals surface area contributed by atoms with E-state index in [1.807, 2.05) is 81.4 Å². The number of hydrogen-bond acceptors (Lipinski definition) is 6. The van der Waals surface area contributed by atoms with E-state index in [9.17, 15) is 19.2 Å². The molecule has 5 aliphatic rings. The second kappa shape index (κ2) is 15.5. The fourth-order valence-corrected chi connectivity index (χ4v) is 9.36. The largest absolute Gasteiger partial charge is 0.344 e. The number of ketones is 1. The van der Waals surface area contributed by atoms with E-state index in [0.29, 0.717) is 19.4 Å². The molecule has 1 aromatic heterocycles. The van der Waals surface area contributed by atoms with E-state index in [1.165, 1.54) is 6.92 Å². The molecule has 10 nitrogen and oxygen atoms in total. The van der Waals surface area contributed by atoms with Gasteiger partial charge in [0.05, 0.1) is 24.0 Å². The topological polar surface area (TPSA) is 128 Å². The van der Waals surface area contributed by atoms with Crippen LogP contribution >= 0.6 is 0 Å². The number of imidazole rings is 1. The minimum absolute atomic E-state index is 0.00759. The van der Waals surface area contributed by atoms with Crippen LogP contribution in [-0.4, -0.2) is 74.2 Å². The normalized spacial score (nSPS) is 22.1. The number of aromatic amines is 1. The molecule has 4 fully saturated rings. The van der Waals surface area contributed by atoms with E-state index >= 15 is 0 Å². The van der Waals surface area contributed by atoms with Gasteiger partial charge in [0.25, 0.3) is 0 Å². The summed E-state index contributed by atoms with van der Waals surface area (Å²) in [7, 11) is 0. The van der Waals surface area contributed by atoms with Crippen molar-refractivity contribution in [2.75, 3.05) is 13.1 Å². The molecule has 2 saturated heterocycles. The van der Waals surface area contributed by atoms with Crippen LogP contribution in [0.1, 0.15) is 121 Å². The molecule has 4 atom stereocenters. The number of carbonyl (C=O) groups is 4. The zero-order valence-corrected chi connectivity index (χ0v) is 34.7. The quantitative estimate of drug-likeness (QED) is 0.195. The minimum Gasteiger partial charge on any atom is -0.344 e. The summed E-state index contributed by atoms with van der Waals surface area (Å²) in [5.41, 5.74) is 7.38. The maximum absolute atomic E-state index is 13.9. The maximum Gasteiger partial charge on any atom is 0.246 e. The molecular formula is C48H56N6O4. The van der Waals surface area contributed by atoms with Crippen LogP contribution in [-0.2, 0) is 19.2 Å². The number of benzene rings is 2. The van der Waals surface area contributed by atoms with Crippen LogP contribution in [0.25, 0.3) is 16.8 Å². The van der Waals surface area contributed by atoms with E-state index < -0.39 is 6.04 Å². The first kappa shape index (κ1) is 39.5. The van der Waals surface area contributed by atoms with Crippen LogP contribution in [0.15, 0.2) is 65.9 Å². The monoisotopic (exact) mass is 780 g/mol. The second-order valence-electron chi connectivity index (χ2n) is 18.6. The first-order valence-corrected chi connectivity index (χ1v) is 21.1. The molecule has 0 bridgehead atoms. The Hall–Kier alpha value is -5.30. The van der Waals surface area contributed by atoms with Crippen LogP contribution in [0.5, 0.6) is 0 Å². The van der Waals surface area contributed by atoms with Gasteiger partial charge in [0.1, 0.15) is 17.6 Å². The fourth-order valence-electron chi connectivity index (χ4n) is 9.36. The van der Waals surface area contributed by atoms with E-state index in [1.54, 1.807) is 6.92 Å². The zero-order chi connectivity index (χ0) is 40.9. The number of rotatable bonds is 11. The average Bonchev–Trinajstić information content (AvgIpc) is 3.77. The predicted molar refractivity (Wildman–Crippen MR) is 225 cm³/mol. The third-order valence-electron chi connectivity index (χ3n) is 13.3. The van der Waals surface area contributed by atoms with Gasteiger partial charge in [-0.2, -0.15) is 0 Å². The lowest BCUT2D eigenvalue weighted by Gasteiger charge is -2.30. The van der Waals surface area contributed by atoms with Crippen molar-refractivity contribution in [1.82, 2.24) is 25.1 Å². The number of likely N-dealkylation sites (tertiary alicyclic amines) is 2. The van der Waals surface area contributed by atoms with Crippen molar-refractivity contribution in [3.8, 4) is 23.1 Å². The minimum atomic E-state index is -0.561. The molecule has 10 heteroatoms. The van der Waals surface area contributed by atoms with Crippen molar-refractivity contribution >= 4 is 34.8 Å². The van der Waals surface area contributed by atoms with Gasteiger partial charge in [0.2, 0.25) is 17.7 Å². The Bertz CT molecular complexity index is 2230. The Kier molecular flexibility index (Phi) is 10.5. The number of H-pyrrole nitrogens is 1. The summed E-state index contributed by atoms with van der Waals surface area (Å²) < 4.78 is 0. The molecule has 2 spiro atoms. The van der Waals surface area contributed by atoms with Crippen molar-refractivity contribution in [3.05, 3.63) is 83.4 Å². The third-order valence-corrected chi connectivity index (χ3v) is 13.3. The van der Waals surface area contributed by atoms with Gasteiger partial charge >= 0.3 is 0 Å². The molecule has 8 rings (SSSR count). The molecule has 0 radical (unpaired) electrons. The molecule has 2 aromatic carbocycles. The molecule has 3 amide bonds.